The lowest BCUT2D eigenvalue weighted by molar-refractivity contribution is 0.122. The number of thiazole rings is 1. The molecule has 0 atom stereocenters. The summed E-state index contributed by atoms with van der Waals surface area (Å²) in [7, 11) is -3.77. The first kappa shape index (κ1) is 21.5. The normalized spacial score (nSPS) is 14.8. The molecule has 162 valence electrons. The number of sulfonamides is 1. The van der Waals surface area contributed by atoms with Crippen molar-refractivity contribution in [1.82, 2.24) is 9.82 Å². The molecule has 1 saturated heterocycles. The summed E-state index contributed by atoms with van der Waals surface area (Å²) >= 11 is 1.49. The molecular formula is C22H24N4O3S2. The van der Waals surface area contributed by atoms with E-state index in [0.29, 0.717) is 18.8 Å². The van der Waals surface area contributed by atoms with Crippen LogP contribution in [-0.4, -0.2) is 45.9 Å². The van der Waals surface area contributed by atoms with Gasteiger partial charge in [0.1, 0.15) is 0 Å². The number of rotatable bonds is 6. The fourth-order valence-corrected chi connectivity index (χ4v) is 5.43. The maximum Gasteiger partial charge on any atom is 0.276 e. The summed E-state index contributed by atoms with van der Waals surface area (Å²) in [4.78, 5) is 10.4. The Balaban J connectivity index is 1.63. The van der Waals surface area contributed by atoms with Crippen LogP contribution in [0.5, 0.6) is 0 Å². The number of nitrogens with one attached hydrogen (secondary N) is 1. The van der Waals surface area contributed by atoms with Crippen molar-refractivity contribution in [2.24, 2.45) is 5.10 Å². The lowest BCUT2D eigenvalue weighted by Gasteiger charge is -2.26. The van der Waals surface area contributed by atoms with E-state index in [1.165, 1.54) is 17.6 Å². The first-order valence-electron chi connectivity index (χ1n) is 9.95. The van der Waals surface area contributed by atoms with Gasteiger partial charge in [-0.15, -0.1) is 0 Å². The van der Waals surface area contributed by atoms with Gasteiger partial charge in [-0.2, -0.15) is 13.5 Å². The predicted molar refractivity (Wildman–Crippen MR) is 124 cm³/mol. The van der Waals surface area contributed by atoms with Gasteiger partial charge in [0, 0.05) is 18.7 Å². The highest BCUT2D eigenvalue weighted by atomic mass is 32.2. The van der Waals surface area contributed by atoms with Crippen LogP contribution >= 0.6 is 11.3 Å². The molecule has 0 radical (unpaired) electrons. The van der Waals surface area contributed by atoms with Crippen LogP contribution in [0.25, 0.3) is 11.3 Å². The quantitative estimate of drug-likeness (QED) is 0.453. The Morgan fingerprint density at radius 1 is 1.13 bits per heavy atom. The molecule has 0 saturated carbocycles. The van der Waals surface area contributed by atoms with Gasteiger partial charge in [0.2, 0.25) is 0 Å². The lowest BCUT2D eigenvalue weighted by atomic mass is 10.1. The van der Waals surface area contributed by atoms with E-state index in [4.69, 9.17) is 9.72 Å². The standard InChI is InChI=1S/C22H24N4O3S2/c1-16-8-9-17(2)20(14-16)31(27,28)25-23-15-19-21(18-6-4-3-5-7-18)24-22(30-19)26-10-12-29-13-11-26/h3-9,14-15,25H,10-13H2,1-2H3/b23-15-. The molecule has 0 aliphatic carbocycles. The zero-order chi connectivity index (χ0) is 21.8. The first-order valence-corrected chi connectivity index (χ1v) is 12.2. The first-order chi connectivity index (χ1) is 14.9. The van der Waals surface area contributed by atoms with Gasteiger partial charge in [-0.25, -0.2) is 9.82 Å². The molecule has 31 heavy (non-hydrogen) atoms. The molecule has 1 aliphatic heterocycles. The molecule has 7 nitrogen and oxygen atoms in total. The van der Waals surface area contributed by atoms with Crippen LogP contribution in [0.1, 0.15) is 16.0 Å². The Morgan fingerprint density at radius 2 is 1.87 bits per heavy atom. The van der Waals surface area contributed by atoms with Crippen LogP contribution in [0, 0.1) is 13.8 Å². The van der Waals surface area contributed by atoms with E-state index in [2.05, 4.69) is 14.8 Å². The third kappa shape index (κ3) is 4.95. The van der Waals surface area contributed by atoms with Crippen LogP contribution < -0.4 is 9.73 Å². The van der Waals surface area contributed by atoms with Crippen LogP contribution in [0.15, 0.2) is 58.5 Å². The molecule has 2 aromatic carbocycles. The van der Waals surface area contributed by atoms with Crippen LogP contribution in [-0.2, 0) is 14.8 Å². The second-order valence-corrected chi connectivity index (χ2v) is 9.93. The monoisotopic (exact) mass is 456 g/mol. The third-order valence-corrected chi connectivity index (χ3v) is 7.37. The number of benzene rings is 2. The molecule has 0 bridgehead atoms. The Kier molecular flexibility index (Phi) is 6.35. The van der Waals surface area contributed by atoms with Crippen molar-refractivity contribution in [1.29, 1.82) is 0 Å². The second kappa shape index (κ2) is 9.17. The molecule has 1 N–H and O–H groups in total. The summed E-state index contributed by atoms with van der Waals surface area (Å²) in [5, 5.41) is 4.95. The topological polar surface area (TPSA) is 83.9 Å². The van der Waals surface area contributed by atoms with Gasteiger partial charge in [0.15, 0.2) is 5.13 Å². The molecule has 1 aliphatic rings. The number of hydrogen-bond acceptors (Lipinski definition) is 7. The summed E-state index contributed by atoms with van der Waals surface area (Å²) in [6.45, 7) is 6.51. The fourth-order valence-electron chi connectivity index (χ4n) is 3.30. The number of ether oxygens (including phenoxy) is 1. The largest absolute Gasteiger partial charge is 0.378 e. The van der Waals surface area contributed by atoms with E-state index in [1.807, 2.05) is 43.3 Å². The number of anilines is 1. The number of aromatic nitrogens is 1. The zero-order valence-corrected chi connectivity index (χ0v) is 19.0. The van der Waals surface area contributed by atoms with Gasteiger partial charge in [-0.05, 0) is 31.0 Å². The molecule has 1 fully saturated rings. The number of morpholine rings is 1. The van der Waals surface area contributed by atoms with Crippen LogP contribution in [0.4, 0.5) is 5.13 Å². The maximum atomic E-state index is 12.7. The van der Waals surface area contributed by atoms with E-state index in [9.17, 15) is 8.42 Å². The van der Waals surface area contributed by atoms with Crippen molar-refractivity contribution >= 4 is 32.7 Å². The molecule has 1 aromatic heterocycles. The van der Waals surface area contributed by atoms with Gasteiger partial charge >= 0.3 is 0 Å². The van der Waals surface area contributed by atoms with Crippen molar-refractivity contribution in [3.05, 3.63) is 64.5 Å². The number of aryl methyl sites for hydroxylation is 2. The van der Waals surface area contributed by atoms with E-state index in [0.717, 1.165) is 39.9 Å². The van der Waals surface area contributed by atoms with E-state index in [-0.39, 0.29) is 4.90 Å². The maximum absolute atomic E-state index is 12.7. The van der Waals surface area contributed by atoms with Gasteiger partial charge in [0.05, 0.1) is 34.9 Å². The van der Waals surface area contributed by atoms with Crippen LogP contribution in [0.3, 0.4) is 0 Å². The molecule has 9 heteroatoms. The van der Waals surface area contributed by atoms with Crippen molar-refractivity contribution in [2.75, 3.05) is 31.2 Å². The minimum atomic E-state index is -3.77. The minimum Gasteiger partial charge on any atom is -0.378 e. The molecule has 4 rings (SSSR count). The van der Waals surface area contributed by atoms with Gasteiger partial charge in [-0.1, -0.05) is 53.8 Å². The average Bonchev–Trinajstić information content (AvgIpc) is 3.20. The van der Waals surface area contributed by atoms with Gasteiger partial charge < -0.3 is 9.64 Å². The number of nitrogens with zero attached hydrogens (tertiary/aromatic N) is 3. The molecule has 3 aromatic rings. The number of hydrazone groups is 1. The van der Waals surface area contributed by atoms with Gasteiger partial charge in [0.25, 0.3) is 10.0 Å². The predicted octanol–water partition coefficient (Wildman–Crippen LogP) is 3.58. The smallest absolute Gasteiger partial charge is 0.276 e. The summed E-state index contributed by atoms with van der Waals surface area (Å²) in [5.41, 5.74) is 3.28. The van der Waals surface area contributed by atoms with E-state index >= 15 is 0 Å². The summed E-state index contributed by atoms with van der Waals surface area (Å²) in [5.74, 6) is 0. The molecule has 0 spiro atoms. The highest BCUT2D eigenvalue weighted by Gasteiger charge is 2.20. The fraction of sp³-hybridized carbons (Fsp3) is 0.273. The van der Waals surface area contributed by atoms with Crippen molar-refractivity contribution < 1.29 is 13.2 Å². The summed E-state index contributed by atoms with van der Waals surface area (Å²) < 4.78 is 30.9. The van der Waals surface area contributed by atoms with Crippen molar-refractivity contribution in [3.63, 3.8) is 0 Å². The van der Waals surface area contributed by atoms with E-state index in [1.54, 1.807) is 19.1 Å². The van der Waals surface area contributed by atoms with Crippen LogP contribution in [0.2, 0.25) is 0 Å². The average molecular weight is 457 g/mol. The second-order valence-electron chi connectivity index (χ2n) is 7.30. The van der Waals surface area contributed by atoms with E-state index < -0.39 is 10.0 Å². The molecule has 0 unspecified atom stereocenters. The minimum absolute atomic E-state index is 0.228. The SMILES string of the molecule is Cc1ccc(C)c(S(=O)(=O)N/N=C\c2sc(N3CCOCC3)nc2-c2ccccc2)c1. The van der Waals surface area contributed by atoms with Crippen molar-refractivity contribution in [3.8, 4) is 11.3 Å². The summed E-state index contributed by atoms with van der Waals surface area (Å²) in [6, 6.07) is 15.1. The Bertz CT molecular complexity index is 1180. The third-order valence-electron chi connectivity index (χ3n) is 4.96. The lowest BCUT2D eigenvalue weighted by Crippen LogP contribution is -2.36. The molecule has 0 amide bonds. The Morgan fingerprint density at radius 3 is 2.61 bits per heavy atom. The highest BCUT2D eigenvalue weighted by molar-refractivity contribution is 7.89. The Hall–Kier alpha value is -2.75. The zero-order valence-electron chi connectivity index (χ0n) is 17.4. The Labute approximate surface area is 186 Å². The van der Waals surface area contributed by atoms with Gasteiger partial charge in [-0.3, -0.25) is 0 Å². The highest BCUT2D eigenvalue weighted by Crippen LogP contribution is 2.32. The molecular weight excluding hydrogens is 432 g/mol. The van der Waals surface area contributed by atoms with Crippen molar-refractivity contribution in [2.45, 2.75) is 18.7 Å². The number of hydrogen-bond donors (Lipinski definition) is 1. The summed E-state index contributed by atoms with van der Waals surface area (Å²) in [6.07, 6.45) is 1.53. The molecule has 2 heterocycles.